The highest BCUT2D eigenvalue weighted by molar-refractivity contribution is 6.32. The average Bonchev–Trinajstić information content (AvgIpc) is 2.74. The highest BCUT2D eigenvalue weighted by Gasteiger charge is 2.53. The fourth-order valence-corrected chi connectivity index (χ4v) is 3.51. The number of ether oxygens (including phenoxy) is 2. The normalized spacial score (nSPS) is 28.3. The van der Waals surface area contributed by atoms with E-state index in [1.807, 2.05) is 0 Å². The number of carbonyl (C=O) groups excluding carboxylic acids is 1. The molecule has 0 unspecified atom stereocenters. The third-order valence-corrected chi connectivity index (χ3v) is 5.44. The standard InChI is InChI=1S/C21H23ClFNO7/c1-21(29)18(27)17(26)16(9-25)31-20(21)30-15-4-3-10(8-14(15)22)11-5-12(19(28)24-2)7-13(23)6-11/h3-8,16-18,20,25-27,29H,9H2,1-2H3,(H,24,28)/t16-,17-,18+,20+,21-/m1/s1. The molecule has 1 aliphatic rings. The second-order valence-electron chi connectivity index (χ2n) is 7.42. The number of amides is 1. The van der Waals surface area contributed by atoms with Crippen molar-refractivity contribution in [3.05, 3.63) is 52.8 Å². The number of nitrogens with one attached hydrogen (secondary N) is 1. The van der Waals surface area contributed by atoms with E-state index in [2.05, 4.69) is 5.32 Å². The van der Waals surface area contributed by atoms with E-state index in [4.69, 9.17) is 21.1 Å². The van der Waals surface area contributed by atoms with E-state index >= 15 is 0 Å². The van der Waals surface area contributed by atoms with Crippen molar-refractivity contribution in [3.8, 4) is 16.9 Å². The molecule has 8 nitrogen and oxygen atoms in total. The number of rotatable bonds is 5. The first-order valence-corrected chi connectivity index (χ1v) is 9.80. The van der Waals surface area contributed by atoms with Gasteiger partial charge < -0.3 is 35.2 Å². The number of hydrogen-bond acceptors (Lipinski definition) is 7. The third-order valence-electron chi connectivity index (χ3n) is 5.14. The summed E-state index contributed by atoms with van der Waals surface area (Å²) in [6.07, 6.45) is -5.77. The van der Waals surface area contributed by atoms with Crippen molar-refractivity contribution in [3.63, 3.8) is 0 Å². The Balaban J connectivity index is 1.88. The number of halogens is 2. The van der Waals surface area contributed by atoms with Gasteiger partial charge in [-0.05, 0) is 48.4 Å². The average molecular weight is 456 g/mol. The fraction of sp³-hybridized carbons (Fsp3) is 0.381. The number of hydrogen-bond donors (Lipinski definition) is 5. The zero-order chi connectivity index (χ0) is 22.9. The molecule has 2 aromatic rings. The summed E-state index contributed by atoms with van der Waals surface area (Å²) in [6.45, 7) is 0.614. The van der Waals surface area contributed by atoms with Gasteiger partial charge in [-0.2, -0.15) is 0 Å². The number of benzene rings is 2. The van der Waals surface area contributed by atoms with Crippen LogP contribution in [0.4, 0.5) is 4.39 Å². The first kappa shape index (κ1) is 23.4. The third kappa shape index (κ3) is 4.67. The van der Waals surface area contributed by atoms with Gasteiger partial charge in [0.05, 0.1) is 11.6 Å². The summed E-state index contributed by atoms with van der Waals surface area (Å²) in [6, 6.07) is 8.36. The largest absolute Gasteiger partial charge is 0.460 e. The lowest BCUT2D eigenvalue weighted by molar-refractivity contribution is -0.314. The molecular formula is C21H23ClFNO7. The van der Waals surface area contributed by atoms with Gasteiger partial charge >= 0.3 is 0 Å². The second-order valence-corrected chi connectivity index (χ2v) is 7.83. The molecule has 3 rings (SSSR count). The van der Waals surface area contributed by atoms with Crippen molar-refractivity contribution in [2.24, 2.45) is 0 Å². The lowest BCUT2D eigenvalue weighted by atomic mass is 9.88. The van der Waals surface area contributed by atoms with Crippen molar-refractivity contribution in [1.82, 2.24) is 5.32 Å². The summed E-state index contributed by atoms with van der Waals surface area (Å²) in [5, 5.41) is 42.5. The predicted molar refractivity (Wildman–Crippen MR) is 109 cm³/mol. The maximum Gasteiger partial charge on any atom is 0.251 e. The van der Waals surface area contributed by atoms with Gasteiger partial charge in [-0.15, -0.1) is 0 Å². The van der Waals surface area contributed by atoms with Crippen LogP contribution in [0.3, 0.4) is 0 Å². The first-order chi connectivity index (χ1) is 14.6. The molecule has 1 aliphatic heterocycles. The number of aliphatic hydroxyl groups is 4. The Hall–Kier alpha value is -2.27. The minimum Gasteiger partial charge on any atom is -0.460 e. The summed E-state index contributed by atoms with van der Waals surface area (Å²) in [5.74, 6) is -0.955. The van der Waals surface area contributed by atoms with Crippen molar-refractivity contribution in [2.45, 2.75) is 37.1 Å². The predicted octanol–water partition coefficient (Wildman–Crippen LogP) is 1.07. The van der Waals surface area contributed by atoms with Crippen LogP contribution in [-0.4, -0.2) is 70.2 Å². The quantitative estimate of drug-likeness (QED) is 0.456. The minimum absolute atomic E-state index is 0.0823. The summed E-state index contributed by atoms with van der Waals surface area (Å²) >= 11 is 6.30. The summed E-state index contributed by atoms with van der Waals surface area (Å²) in [5.41, 5.74) is -0.949. The molecule has 0 aromatic heterocycles. The molecule has 5 N–H and O–H groups in total. The van der Waals surface area contributed by atoms with Gasteiger partial charge in [0.25, 0.3) is 5.91 Å². The van der Waals surface area contributed by atoms with E-state index in [-0.39, 0.29) is 16.3 Å². The highest BCUT2D eigenvalue weighted by atomic mass is 35.5. The van der Waals surface area contributed by atoms with Crippen molar-refractivity contribution < 1.29 is 39.1 Å². The lowest BCUT2D eigenvalue weighted by Crippen LogP contribution is -2.66. The number of aliphatic hydroxyl groups excluding tert-OH is 3. The van der Waals surface area contributed by atoms with E-state index < -0.39 is 48.5 Å². The Labute approximate surface area is 182 Å². The van der Waals surface area contributed by atoms with E-state index in [9.17, 15) is 29.6 Å². The molecule has 0 saturated carbocycles. The molecule has 5 atom stereocenters. The Kier molecular flexibility index (Phi) is 6.85. The molecule has 1 saturated heterocycles. The van der Waals surface area contributed by atoms with Crippen LogP contribution in [0, 0.1) is 5.82 Å². The van der Waals surface area contributed by atoms with Crippen LogP contribution in [-0.2, 0) is 4.74 Å². The van der Waals surface area contributed by atoms with Crippen LogP contribution < -0.4 is 10.1 Å². The first-order valence-electron chi connectivity index (χ1n) is 9.42. The maximum absolute atomic E-state index is 14.0. The second kappa shape index (κ2) is 9.07. The van der Waals surface area contributed by atoms with Gasteiger partial charge in [-0.3, -0.25) is 4.79 Å². The zero-order valence-corrected chi connectivity index (χ0v) is 17.5. The Morgan fingerprint density at radius 2 is 1.97 bits per heavy atom. The van der Waals surface area contributed by atoms with Gasteiger partial charge in [-0.25, -0.2) is 4.39 Å². The van der Waals surface area contributed by atoms with Gasteiger partial charge in [-0.1, -0.05) is 17.7 Å². The summed E-state index contributed by atoms with van der Waals surface area (Å²) in [4.78, 5) is 11.8. The molecule has 0 bridgehead atoms. The molecule has 1 heterocycles. The molecule has 31 heavy (non-hydrogen) atoms. The highest BCUT2D eigenvalue weighted by Crippen LogP contribution is 2.36. The SMILES string of the molecule is CNC(=O)c1cc(F)cc(-c2ccc(O[C@H]3O[C@H](CO)[C@@H](O)[C@H](O)[C@@]3(C)O)c(Cl)c2)c1. The van der Waals surface area contributed by atoms with Gasteiger partial charge in [0, 0.05) is 12.6 Å². The van der Waals surface area contributed by atoms with Crippen molar-refractivity contribution in [2.75, 3.05) is 13.7 Å². The zero-order valence-electron chi connectivity index (χ0n) is 16.8. The van der Waals surface area contributed by atoms with Gasteiger partial charge in [0.1, 0.15) is 29.9 Å². The molecule has 168 valence electrons. The molecule has 1 fully saturated rings. The van der Waals surface area contributed by atoms with Crippen LogP contribution >= 0.6 is 11.6 Å². The molecule has 2 aromatic carbocycles. The van der Waals surface area contributed by atoms with E-state index in [1.165, 1.54) is 38.2 Å². The van der Waals surface area contributed by atoms with Crippen LogP contribution in [0.1, 0.15) is 17.3 Å². The number of carbonyl (C=O) groups is 1. The van der Waals surface area contributed by atoms with Crippen molar-refractivity contribution in [1.29, 1.82) is 0 Å². The lowest BCUT2D eigenvalue weighted by Gasteiger charge is -2.45. The van der Waals surface area contributed by atoms with E-state index in [0.29, 0.717) is 11.1 Å². The maximum atomic E-state index is 14.0. The minimum atomic E-state index is -2.00. The molecule has 0 aliphatic carbocycles. The van der Waals surface area contributed by atoms with Crippen LogP contribution in [0.25, 0.3) is 11.1 Å². The smallest absolute Gasteiger partial charge is 0.251 e. The van der Waals surface area contributed by atoms with Crippen molar-refractivity contribution >= 4 is 17.5 Å². The molecule has 1 amide bonds. The summed E-state index contributed by atoms with van der Waals surface area (Å²) < 4.78 is 25.0. The van der Waals surface area contributed by atoms with Crippen LogP contribution in [0.5, 0.6) is 5.75 Å². The molecule has 10 heteroatoms. The molecule has 0 radical (unpaired) electrons. The summed E-state index contributed by atoms with van der Waals surface area (Å²) in [7, 11) is 1.44. The Bertz CT molecular complexity index is 971. The van der Waals surface area contributed by atoms with E-state index in [0.717, 1.165) is 6.07 Å². The van der Waals surface area contributed by atoms with E-state index in [1.54, 1.807) is 6.07 Å². The monoisotopic (exact) mass is 455 g/mol. The topological polar surface area (TPSA) is 128 Å². The Morgan fingerprint density at radius 1 is 1.26 bits per heavy atom. The fourth-order valence-electron chi connectivity index (χ4n) is 3.29. The molecule has 0 spiro atoms. The molecular weight excluding hydrogens is 433 g/mol. The van der Waals surface area contributed by atoms with Crippen LogP contribution in [0.2, 0.25) is 5.02 Å². The van der Waals surface area contributed by atoms with Gasteiger partial charge in [0.2, 0.25) is 6.29 Å². The Morgan fingerprint density at radius 3 is 2.58 bits per heavy atom. The van der Waals surface area contributed by atoms with Gasteiger partial charge in [0.15, 0.2) is 5.60 Å². The van der Waals surface area contributed by atoms with Crippen LogP contribution in [0.15, 0.2) is 36.4 Å².